The number of aryl methyl sites for hydroxylation is 1. The molecule has 3 heterocycles. The third kappa shape index (κ3) is 3.23. The number of thiophene rings is 1. The molecule has 122 valence electrons. The monoisotopic (exact) mass is 351 g/mol. The van der Waals surface area contributed by atoms with E-state index < -0.39 is 5.97 Å². The van der Waals surface area contributed by atoms with Crippen LogP contribution in [-0.4, -0.2) is 41.3 Å². The van der Waals surface area contributed by atoms with Crippen LogP contribution in [0.3, 0.4) is 0 Å². The van der Waals surface area contributed by atoms with Gasteiger partial charge in [0.25, 0.3) is 5.91 Å². The van der Waals surface area contributed by atoms with E-state index in [1.54, 1.807) is 30.2 Å². The maximum absolute atomic E-state index is 12.3. The zero-order valence-electron chi connectivity index (χ0n) is 12.9. The van der Waals surface area contributed by atoms with Gasteiger partial charge in [0.1, 0.15) is 10.6 Å². The predicted molar refractivity (Wildman–Crippen MR) is 90.1 cm³/mol. The summed E-state index contributed by atoms with van der Waals surface area (Å²) in [5.74, 6) is -0.677. The first-order chi connectivity index (χ1) is 11.1. The molecule has 0 aromatic carbocycles. The summed E-state index contributed by atoms with van der Waals surface area (Å²) in [5, 5.41) is 5.62. The molecule has 6 nitrogen and oxygen atoms in total. The number of carbonyl (C=O) groups excluding carboxylic acids is 2. The van der Waals surface area contributed by atoms with Crippen molar-refractivity contribution >= 4 is 39.7 Å². The Morgan fingerprint density at radius 1 is 1.48 bits per heavy atom. The van der Waals surface area contributed by atoms with Crippen molar-refractivity contribution in [2.45, 2.75) is 19.9 Å². The lowest BCUT2D eigenvalue weighted by molar-refractivity contribution is -0.135. The van der Waals surface area contributed by atoms with Crippen molar-refractivity contribution in [2.24, 2.45) is 0 Å². The highest BCUT2D eigenvalue weighted by molar-refractivity contribution is 7.10. The van der Waals surface area contributed by atoms with Crippen molar-refractivity contribution in [3.05, 3.63) is 33.1 Å². The number of rotatable bonds is 4. The lowest BCUT2D eigenvalue weighted by atomic mass is 10.1. The quantitative estimate of drug-likeness (QED) is 0.856. The number of hydrogen-bond acceptors (Lipinski definition) is 7. The third-order valence-electron chi connectivity index (χ3n) is 3.78. The predicted octanol–water partition coefficient (Wildman–Crippen LogP) is 2.30. The average Bonchev–Trinajstić information content (AvgIpc) is 3.17. The first-order valence-electron chi connectivity index (χ1n) is 7.24. The fourth-order valence-corrected chi connectivity index (χ4v) is 4.16. The Hall–Kier alpha value is -1.93. The molecule has 3 rings (SSSR count). The van der Waals surface area contributed by atoms with Gasteiger partial charge in [0.05, 0.1) is 5.69 Å². The molecule has 0 saturated carbocycles. The minimum Gasteiger partial charge on any atom is -0.452 e. The van der Waals surface area contributed by atoms with Crippen LogP contribution in [0.5, 0.6) is 0 Å². The highest BCUT2D eigenvalue weighted by Gasteiger charge is 2.24. The van der Waals surface area contributed by atoms with E-state index in [0.717, 1.165) is 6.42 Å². The number of anilines is 1. The molecule has 8 heteroatoms. The van der Waals surface area contributed by atoms with Crippen molar-refractivity contribution in [1.29, 1.82) is 0 Å². The molecule has 1 aliphatic rings. The van der Waals surface area contributed by atoms with E-state index in [4.69, 9.17) is 4.74 Å². The van der Waals surface area contributed by atoms with Gasteiger partial charge in [0.15, 0.2) is 6.61 Å². The lowest BCUT2D eigenvalue weighted by Gasteiger charge is -2.26. The number of amides is 1. The van der Waals surface area contributed by atoms with Crippen molar-refractivity contribution < 1.29 is 14.3 Å². The molecule has 0 bridgehead atoms. The minimum atomic E-state index is -0.512. The van der Waals surface area contributed by atoms with Crippen LogP contribution in [-0.2, 0) is 22.5 Å². The molecule has 1 N–H and O–H groups in total. The number of ether oxygens (including phenoxy) is 1. The molecule has 0 spiro atoms. The summed E-state index contributed by atoms with van der Waals surface area (Å²) in [6.45, 7) is 2.77. The van der Waals surface area contributed by atoms with Crippen molar-refractivity contribution in [3.8, 4) is 0 Å². The van der Waals surface area contributed by atoms with Gasteiger partial charge >= 0.3 is 5.97 Å². The smallest absolute Gasteiger partial charge is 0.343 e. The van der Waals surface area contributed by atoms with Crippen LogP contribution in [0.2, 0.25) is 0 Å². The molecule has 1 amide bonds. The molecule has 0 radical (unpaired) electrons. The van der Waals surface area contributed by atoms with E-state index in [2.05, 4.69) is 9.69 Å². The second-order valence-corrected chi connectivity index (χ2v) is 7.01. The Labute approximate surface area is 142 Å². The SMILES string of the molecule is CNc1snc(C)c1C(=O)OCC(=O)N1CCc2sccc2C1. The van der Waals surface area contributed by atoms with Gasteiger partial charge in [-0.1, -0.05) is 0 Å². The zero-order valence-corrected chi connectivity index (χ0v) is 14.6. The van der Waals surface area contributed by atoms with E-state index in [-0.39, 0.29) is 12.5 Å². The molecule has 0 aliphatic carbocycles. The number of aromatic nitrogens is 1. The zero-order chi connectivity index (χ0) is 16.4. The van der Waals surface area contributed by atoms with Gasteiger partial charge in [-0.25, -0.2) is 4.79 Å². The molecule has 2 aromatic rings. The van der Waals surface area contributed by atoms with Crippen molar-refractivity contribution in [2.75, 3.05) is 25.5 Å². The van der Waals surface area contributed by atoms with Crippen LogP contribution in [0.25, 0.3) is 0 Å². The van der Waals surface area contributed by atoms with E-state index in [1.807, 2.05) is 11.4 Å². The molecule has 2 aromatic heterocycles. The number of nitrogens with zero attached hydrogens (tertiary/aromatic N) is 2. The number of nitrogens with one attached hydrogen (secondary N) is 1. The van der Waals surface area contributed by atoms with Crippen LogP contribution in [0.4, 0.5) is 5.00 Å². The summed E-state index contributed by atoms with van der Waals surface area (Å²) in [4.78, 5) is 27.5. The second kappa shape index (κ2) is 6.67. The Kier molecular flexibility index (Phi) is 4.63. The minimum absolute atomic E-state index is 0.165. The third-order valence-corrected chi connectivity index (χ3v) is 5.76. The van der Waals surface area contributed by atoms with E-state index in [0.29, 0.717) is 29.3 Å². The normalized spacial score (nSPS) is 13.6. The highest BCUT2D eigenvalue weighted by atomic mass is 32.1. The Morgan fingerprint density at radius 3 is 3.09 bits per heavy atom. The topological polar surface area (TPSA) is 71.5 Å². The first-order valence-corrected chi connectivity index (χ1v) is 8.89. The Morgan fingerprint density at radius 2 is 2.30 bits per heavy atom. The average molecular weight is 351 g/mol. The molecule has 1 aliphatic heterocycles. The largest absolute Gasteiger partial charge is 0.452 e. The Bertz CT molecular complexity index is 738. The summed E-state index contributed by atoms with van der Waals surface area (Å²) < 4.78 is 9.32. The molecule has 23 heavy (non-hydrogen) atoms. The van der Waals surface area contributed by atoms with Crippen molar-refractivity contribution in [3.63, 3.8) is 0 Å². The van der Waals surface area contributed by atoms with Gasteiger partial charge in [-0.3, -0.25) is 4.79 Å². The summed E-state index contributed by atoms with van der Waals surface area (Å²) in [6.07, 6.45) is 0.865. The van der Waals surface area contributed by atoms with E-state index >= 15 is 0 Å². The number of esters is 1. The summed E-state index contributed by atoms with van der Waals surface area (Å²) in [5.41, 5.74) is 2.21. The fraction of sp³-hybridized carbons (Fsp3) is 0.400. The summed E-state index contributed by atoms with van der Waals surface area (Å²) >= 11 is 2.93. The summed E-state index contributed by atoms with van der Waals surface area (Å²) in [7, 11) is 1.72. The summed E-state index contributed by atoms with van der Waals surface area (Å²) in [6, 6.07) is 2.05. The van der Waals surface area contributed by atoms with E-state index in [1.165, 1.54) is 22.0 Å². The molecule has 0 atom stereocenters. The maximum Gasteiger partial charge on any atom is 0.343 e. The van der Waals surface area contributed by atoms with Gasteiger partial charge in [0, 0.05) is 25.0 Å². The lowest BCUT2D eigenvalue weighted by Crippen LogP contribution is -2.38. The number of fused-ring (bicyclic) bond motifs is 1. The van der Waals surface area contributed by atoms with Crippen LogP contribution in [0, 0.1) is 6.92 Å². The van der Waals surface area contributed by atoms with Crippen molar-refractivity contribution in [1.82, 2.24) is 9.27 Å². The van der Waals surface area contributed by atoms with Crippen LogP contribution in [0.1, 0.15) is 26.5 Å². The highest BCUT2D eigenvalue weighted by Crippen LogP contribution is 2.25. The van der Waals surface area contributed by atoms with Gasteiger partial charge < -0.3 is 15.0 Å². The Balaban J connectivity index is 1.59. The first kappa shape index (κ1) is 15.9. The van der Waals surface area contributed by atoms with Crippen LogP contribution in [0.15, 0.2) is 11.4 Å². The van der Waals surface area contributed by atoms with Gasteiger partial charge in [-0.2, -0.15) is 4.37 Å². The van der Waals surface area contributed by atoms with Gasteiger partial charge in [0.2, 0.25) is 0 Å². The molecular formula is C15H17N3O3S2. The van der Waals surface area contributed by atoms with E-state index in [9.17, 15) is 9.59 Å². The van der Waals surface area contributed by atoms with Gasteiger partial charge in [-0.05, 0) is 41.9 Å². The second-order valence-electron chi connectivity index (χ2n) is 5.23. The number of carbonyl (C=O) groups is 2. The molecule has 0 saturated heterocycles. The molecular weight excluding hydrogens is 334 g/mol. The van der Waals surface area contributed by atoms with Crippen LogP contribution >= 0.6 is 22.9 Å². The number of hydrogen-bond donors (Lipinski definition) is 1. The molecule has 0 fully saturated rings. The molecule has 0 unspecified atom stereocenters. The standard InChI is InChI=1S/C15H17N3O3S2/c1-9-13(14(16-2)23-17-9)15(20)21-8-12(19)18-5-3-11-10(7-18)4-6-22-11/h4,6,16H,3,5,7-8H2,1-2H3. The maximum atomic E-state index is 12.3. The fourth-order valence-electron chi connectivity index (χ4n) is 2.53. The van der Waals surface area contributed by atoms with Gasteiger partial charge in [-0.15, -0.1) is 11.3 Å². The van der Waals surface area contributed by atoms with Crippen LogP contribution < -0.4 is 5.32 Å².